The van der Waals surface area contributed by atoms with Crippen LogP contribution in [0.5, 0.6) is 0 Å². The van der Waals surface area contributed by atoms with Crippen LogP contribution in [-0.4, -0.2) is 16.8 Å². The standard InChI is InChI=1S/C11H16O3S/c1-3-8(2)6-15-7-9-4-5-14-10(9)11(12)13/h4-5,8H,3,6-7H2,1-2H3,(H,12,13). The first-order valence-electron chi connectivity index (χ1n) is 5.02. The molecule has 0 amide bonds. The van der Waals surface area contributed by atoms with E-state index >= 15 is 0 Å². The van der Waals surface area contributed by atoms with Gasteiger partial charge >= 0.3 is 5.97 Å². The summed E-state index contributed by atoms with van der Waals surface area (Å²) in [7, 11) is 0. The molecule has 1 aromatic heterocycles. The minimum atomic E-state index is -0.987. The van der Waals surface area contributed by atoms with Gasteiger partial charge in [0.05, 0.1) is 6.26 Å². The summed E-state index contributed by atoms with van der Waals surface area (Å²) in [6.07, 6.45) is 2.59. The highest BCUT2D eigenvalue weighted by molar-refractivity contribution is 7.98. The lowest BCUT2D eigenvalue weighted by Gasteiger charge is -2.06. The van der Waals surface area contributed by atoms with Crippen LogP contribution < -0.4 is 0 Å². The molecule has 1 heterocycles. The van der Waals surface area contributed by atoms with Crippen LogP contribution in [-0.2, 0) is 5.75 Å². The zero-order chi connectivity index (χ0) is 11.3. The second-order valence-corrected chi connectivity index (χ2v) is 4.64. The van der Waals surface area contributed by atoms with Crippen LogP contribution in [0.4, 0.5) is 0 Å². The molecule has 0 saturated carbocycles. The van der Waals surface area contributed by atoms with Crippen LogP contribution in [0, 0.1) is 5.92 Å². The van der Waals surface area contributed by atoms with Gasteiger partial charge in [0.2, 0.25) is 5.76 Å². The van der Waals surface area contributed by atoms with Gasteiger partial charge in [0, 0.05) is 11.3 Å². The first-order valence-corrected chi connectivity index (χ1v) is 6.18. The highest BCUT2D eigenvalue weighted by Gasteiger charge is 2.13. The third kappa shape index (κ3) is 3.63. The van der Waals surface area contributed by atoms with Gasteiger partial charge < -0.3 is 9.52 Å². The molecule has 0 fully saturated rings. The number of aromatic carboxylic acids is 1. The Kier molecular flexibility index (Phi) is 4.75. The van der Waals surface area contributed by atoms with Gasteiger partial charge in [-0.3, -0.25) is 0 Å². The molecule has 1 rings (SSSR count). The van der Waals surface area contributed by atoms with E-state index in [0.717, 1.165) is 17.7 Å². The van der Waals surface area contributed by atoms with E-state index < -0.39 is 5.97 Å². The third-order valence-corrected chi connectivity index (χ3v) is 3.62. The number of carboxylic acids is 1. The van der Waals surface area contributed by atoms with Crippen molar-refractivity contribution >= 4 is 17.7 Å². The maximum atomic E-state index is 10.7. The maximum Gasteiger partial charge on any atom is 0.372 e. The fraction of sp³-hybridized carbons (Fsp3) is 0.545. The molecule has 0 aliphatic rings. The third-order valence-electron chi connectivity index (χ3n) is 2.30. The van der Waals surface area contributed by atoms with Crippen molar-refractivity contribution < 1.29 is 14.3 Å². The normalized spacial score (nSPS) is 12.7. The summed E-state index contributed by atoms with van der Waals surface area (Å²) in [5.74, 6) is 1.53. The zero-order valence-electron chi connectivity index (χ0n) is 9.03. The van der Waals surface area contributed by atoms with Crippen molar-refractivity contribution in [3.05, 3.63) is 23.7 Å². The number of furan rings is 1. The van der Waals surface area contributed by atoms with Crippen LogP contribution in [0.3, 0.4) is 0 Å². The molecule has 1 atom stereocenters. The molecule has 0 aromatic carbocycles. The average Bonchev–Trinajstić information content (AvgIpc) is 2.65. The molecular weight excluding hydrogens is 212 g/mol. The van der Waals surface area contributed by atoms with Gasteiger partial charge in [-0.2, -0.15) is 11.8 Å². The van der Waals surface area contributed by atoms with Crippen molar-refractivity contribution in [1.29, 1.82) is 0 Å². The quantitative estimate of drug-likeness (QED) is 0.812. The summed E-state index contributed by atoms with van der Waals surface area (Å²) in [6.45, 7) is 4.35. The first-order chi connectivity index (χ1) is 7.15. The minimum Gasteiger partial charge on any atom is -0.475 e. The van der Waals surface area contributed by atoms with E-state index in [4.69, 9.17) is 9.52 Å². The molecule has 0 saturated heterocycles. The Morgan fingerprint density at radius 2 is 2.40 bits per heavy atom. The predicted octanol–water partition coefficient (Wildman–Crippen LogP) is 3.26. The van der Waals surface area contributed by atoms with Crippen LogP contribution >= 0.6 is 11.8 Å². The maximum absolute atomic E-state index is 10.7. The van der Waals surface area contributed by atoms with E-state index in [1.54, 1.807) is 17.8 Å². The van der Waals surface area contributed by atoms with Gasteiger partial charge in [0.25, 0.3) is 0 Å². The largest absolute Gasteiger partial charge is 0.475 e. The summed E-state index contributed by atoms with van der Waals surface area (Å²) in [6, 6.07) is 1.73. The summed E-state index contributed by atoms with van der Waals surface area (Å²) >= 11 is 1.75. The van der Waals surface area contributed by atoms with E-state index in [1.165, 1.54) is 6.26 Å². The van der Waals surface area contributed by atoms with Crippen LogP contribution in [0.25, 0.3) is 0 Å². The second kappa shape index (κ2) is 5.85. The fourth-order valence-corrected chi connectivity index (χ4v) is 2.33. The van der Waals surface area contributed by atoms with Crippen molar-refractivity contribution in [3.8, 4) is 0 Å². The van der Waals surface area contributed by atoms with E-state index in [-0.39, 0.29) is 5.76 Å². The van der Waals surface area contributed by atoms with Gasteiger partial charge in [-0.15, -0.1) is 0 Å². The molecule has 0 bridgehead atoms. The van der Waals surface area contributed by atoms with E-state index in [2.05, 4.69) is 13.8 Å². The number of hydrogen-bond donors (Lipinski definition) is 1. The Morgan fingerprint density at radius 1 is 1.67 bits per heavy atom. The Morgan fingerprint density at radius 3 is 3.00 bits per heavy atom. The van der Waals surface area contributed by atoms with Gasteiger partial charge in [0.15, 0.2) is 0 Å². The molecule has 84 valence electrons. The van der Waals surface area contributed by atoms with Crippen molar-refractivity contribution in [2.24, 2.45) is 5.92 Å². The average molecular weight is 228 g/mol. The minimum absolute atomic E-state index is 0.0756. The number of rotatable bonds is 6. The molecule has 1 aromatic rings. The highest BCUT2D eigenvalue weighted by atomic mass is 32.2. The summed E-state index contributed by atoms with van der Waals surface area (Å²) < 4.78 is 4.90. The Balaban J connectivity index is 2.44. The lowest BCUT2D eigenvalue weighted by atomic mass is 10.2. The number of hydrogen-bond acceptors (Lipinski definition) is 3. The SMILES string of the molecule is CCC(C)CSCc1ccoc1C(=O)O. The molecule has 15 heavy (non-hydrogen) atoms. The van der Waals surface area contributed by atoms with Crippen LogP contribution in [0.15, 0.2) is 16.7 Å². The molecule has 0 aliphatic carbocycles. The van der Waals surface area contributed by atoms with E-state index in [1.807, 2.05) is 0 Å². The Hall–Kier alpha value is -0.900. The Labute approximate surface area is 93.9 Å². The summed E-state index contributed by atoms with van der Waals surface area (Å²) in [5.41, 5.74) is 0.774. The monoisotopic (exact) mass is 228 g/mol. The highest BCUT2D eigenvalue weighted by Crippen LogP contribution is 2.20. The molecule has 3 nitrogen and oxygen atoms in total. The van der Waals surface area contributed by atoms with Crippen molar-refractivity contribution in [2.75, 3.05) is 5.75 Å². The van der Waals surface area contributed by atoms with Gasteiger partial charge in [-0.25, -0.2) is 4.79 Å². The number of carboxylic acid groups (broad SMARTS) is 1. The molecule has 1 N–H and O–H groups in total. The second-order valence-electron chi connectivity index (χ2n) is 3.61. The lowest BCUT2D eigenvalue weighted by Crippen LogP contribution is -1.99. The van der Waals surface area contributed by atoms with Gasteiger partial charge in [-0.05, 0) is 17.7 Å². The smallest absolute Gasteiger partial charge is 0.372 e. The molecule has 0 spiro atoms. The predicted molar refractivity (Wildman–Crippen MR) is 61.3 cm³/mol. The van der Waals surface area contributed by atoms with Crippen molar-refractivity contribution in [1.82, 2.24) is 0 Å². The number of carbonyl (C=O) groups is 1. The summed E-state index contributed by atoms with van der Waals surface area (Å²) in [4.78, 5) is 10.7. The van der Waals surface area contributed by atoms with Gasteiger partial charge in [0.1, 0.15) is 0 Å². The fourth-order valence-electron chi connectivity index (χ4n) is 1.12. The molecular formula is C11H16O3S. The molecule has 0 aliphatic heterocycles. The van der Waals surface area contributed by atoms with E-state index in [9.17, 15) is 4.79 Å². The Bertz CT molecular complexity index is 319. The number of thioether (sulfide) groups is 1. The van der Waals surface area contributed by atoms with E-state index in [0.29, 0.717) is 11.7 Å². The lowest BCUT2D eigenvalue weighted by molar-refractivity contribution is 0.0661. The first kappa shape index (κ1) is 12.2. The molecule has 4 heteroatoms. The van der Waals surface area contributed by atoms with Crippen molar-refractivity contribution in [2.45, 2.75) is 26.0 Å². The zero-order valence-corrected chi connectivity index (χ0v) is 9.84. The topological polar surface area (TPSA) is 50.4 Å². The summed E-state index contributed by atoms with van der Waals surface area (Å²) in [5, 5.41) is 8.81. The molecule has 0 radical (unpaired) electrons. The van der Waals surface area contributed by atoms with Gasteiger partial charge in [-0.1, -0.05) is 20.3 Å². The van der Waals surface area contributed by atoms with Crippen LogP contribution in [0.2, 0.25) is 0 Å². The molecule has 1 unspecified atom stereocenters. The van der Waals surface area contributed by atoms with Crippen LogP contribution in [0.1, 0.15) is 36.4 Å². The van der Waals surface area contributed by atoms with Crippen molar-refractivity contribution in [3.63, 3.8) is 0 Å².